The minimum atomic E-state index is -0.483. The predicted molar refractivity (Wildman–Crippen MR) is 110 cm³/mol. The molecule has 1 N–H and O–H groups in total. The number of carbonyl (C=O) groups is 1. The van der Waals surface area contributed by atoms with E-state index in [0.29, 0.717) is 29.7 Å². The maximum absolute atomic E-state index is 14.0. The number of aromatic nitrogens is 5. The summed E-state index contributed by atoms with van der Waals surface area (Å²) in [7, 11) is 0. The van der Waals surface area contributed by atoms with Gasteiger partial charge in [0.15, 0.2) is 0 Å². The van der Waals surface area contributed by atoms with Gasteiger partial charge in [-0.15, -0.1) is 0 Å². The third kappa shape index (κ3) is 4.25. The summed E-state index contributed by atoms with van der Waals surface area (Å²) < 4.78 is 14.0. The Hall–Kier alpha value is -3.07. The molecular weight excluding hydrogens is 409 g/mol. The number of halogens is 2. The van der Waals surface area contributed by atoms with Crippen LogP contribution >= 0.6 is 11.6 Å². The maximum atomic E-state index is 14.0. The van der Waals surface area contributed by atoms with E-state index < -0.39 is 5.82 Å². The highest BCUT2D eigenvalue weighted by molar-refractivity contribution is 6.30. The summed E-state index contributed by atoms with van der Waals surface area (Å²) in [5.74, 6) is -0.0418. The van der Waals surface area contributed by atoms with Crippen molar-refractivity contribution in [1.82, 2.24) is 29.9 Å². The SMILES string of the molecule is CC1CCCN(C(=O)c2cc(F)ccc2-n2nccn2)C1CNc1ncc(Cl)cn1. The average molecular weight is 430 g/mol. The fourth-order valence-corrected chi connectivity index (χ4v) is 3.86. The van der Waals surface area contributed by atoms with E-state index in [4.69, 9.17) is 11.6 Å². The first kappa shape index (κ1) is 20.2. The molecule has 0 bridgehead atoms. The van der Waals surface area contributed by atoms with Gasteiger partial charge in [0.1, 0.15) is 5.82 Å². The van der Waals surface area contributed by atoms with Crippen molar-refractivity contribution in [3.8, 4) is 5.69 Å². The number of amides is 1. The number of hydrogen-bond donors (Lipinski definition) is 1. The average Bonchev–Trinajstić information content (AvgIpc) is 3.28. The molecular formula is C20H21ClFN7O. The number of nitrogens with zero attached hydrogens (tertiary/aromatic N) is 6. The van der Waals surface area contributed by atoms with E-state index in [0.717, 1.165) is 12.8 Å². The van der Waals surface area contributed by atoms with E-state index in [-0.39, 0.29) is 23.4 Å². The van der Waals surface area contributed by atoms with Crippen LogP contribution in [0.25, 0.3) is 5.69 Å². The lowest BCUT2D eigenvalue weighted by Gasteiger charge is -2.40. The van der Waals surface area contributed by atoms with Gasteiger partial charge in [-0.05, 0) is 37.0 Å². The zero-order chi connectivity index (χ0) is 21.1. The third-order valence-corrected chi connectivity index (χ3v) is 5.48. The molecule has 2 atom stereocenters. The lowest BCUT2D eigenvalue weighted by Crippen LogP contribution is -2.51. The van der Waals surface area contributed by atoms with E-state index >= 15 is 0 Å². The number of piperidine rings is 1. The van der Waals surface area contributed by atoms with Gasteiger partial charge in [0.2, 0.25) is 5.95 Å². The van der Waals surface area contributed by atoms with Crippen LogP contribution in [0.3, 0.4) is 0 Å². The van der Waals surface area contributed by atoms with E-state index in [1.807, 2.05) is 0 Å². The molecule has 1 fully saturated rings. The molecule has 3 heterocycles. The molecule has 10 heteroatoms. The summed E-state index contributed by atoms with van der Waals surface area (Å²) in [5.41, 5.74) is 0.672. The van der Waals surface area contributed by atoms with Crippen molar-refractivity contribution in [3.63, 3.8) is 0 Å². The molecule has 0 aliphatic carbocycles. The van der Waals surface area contributed by atoms with Crippen LogP contribution in [-0.4, -0.2) is 54.9 Å². The summed E-state index contributed by atoms with van der Waals surface area (Å²) in [5, 5.41) is 11.8. The number of nitrogens with one attached hydrogen (secondary N) is 1. The Morgan fingerprint density at radius 3 is 2.73 bits per heavy atom. The number of rotatable bonds is 5. The highest BCUT2D eigenvalue weighted by Gasteiger charge is 2.33. The van der Waals surface area contributed by atoms with Crippen molar-refractivity contribution in [2.45, 2.75) is 25.8 Å². The highest BCUT2D eigenvalue weighted by Crippen LogP contribution is 2.27. The number of benzene rings is 1. The summed E-state index contributed by atoms with van der Waals surface area (Å²) in [4.78, 5) is 24.9. The summed E-state index contributed by atoms with van der Waals surface area (Å²) in [6.45, 7) is 3.16. The molecule has 8 nitrogen and oxygen atoms in total. The molecule has 4 rings (SSSR count). The second-order valence-electron chi connectivity index (χ2n) is 7.27. The van der Waals surface area contributed by atoms with Gasteiger partial charge in [-0.25, -0.2) is 14.4 Å². The van der Waals surface area contributed by atoms with Gasteiger partial charge < -0.3 is 10.2 Å². The Bertz CT molecular complexity index is 1010. The lowest BCUT2D eigenvalue weighted by molar-refractivity contribution is 0.0539. The molecule has 1 saturated heterocycles. The minimum absolute atomic E-state index is 0.104. The zero-order valence-electron chi connectivity index (χ0n) is 16.4. The van der Waals surface area contributed by atoms with Gasteiger partial charge in [-0.2, -0.15) is 15.0 Å². The van der Waals surface area contributed by atoms with Crippen LogP contribution < -0.4 is 5.32 Å². The fourth-order valence-electron chi connectivity index (χ4n) is 3.76. The number of hydrogen-bond acceptors (Lipinski definition) is 6. The van der Waals surface area contributed by atoms with Crippen molar-refractivity contribution in [2.75, 3.05) is 18.4 Å². The van der Waals surface area contributed by atoms with Crippen LogP contribution in [0.4, 0.5) is 10.3 Å². The quantitative estimate of drug-likeness (QED) is 0.670. The maximum Gasteiger partial charge on any atom is 0.256 e. The van der Waals surface area contributed by atoms with Crippen LogP contribution in [0.1, 0.15) is 30.1 Å². The van der Waals surface area contributed by atoms with Crippen molar-refractivity contribution in [2.24, 2.45) is 5.92 Å². The summed E-state index contributed by atoms with van der Waals surface area (Å²) >= 11 is 5.84. The molecule has 1 amide bonds. The summed E-state index contributed by atoms with van der Waals surface area (Å²) in [6, 6.07) is 3.95. The second kappa shape index (κ2) is 8.74. The molecule has 1 aliphatic heterocycles. The predicted octanol–water partition coefficient (Wildman–Crippen LogP) is 3.20. The lowest BCUT2D eigenvalue weighted by atomic mass is 9.90. The third-order valence-electron chi connectivity index (χ3n) is 5.29. The van der Waals surface area contributed by atoms with Crippen LogP contribution in [-0.2, 0) is 0 Å². The first-order valence-corrected chi connectivity index (χ1v) is 10.1. The number of anilines is 1. The first-order chi connectivity index (χ1) is 14.5. The number of carbonyl (C=O) groups excluding carboxylic acids is 1. The van der Waals surface area contributed by atoms with Gasteiger partial charge in [-0.3, -0.25) is 4.79 Å². The minimum Gasteiger partial charge on any atom is -0.352 e. The van der Waals surface area contributed by atoms with Gasteiger partial charge in [0.25, 0.3) is 5.91 Å². The van der Waals surface area contributed by atoms with Crippen LogP contribution in [0, 0.1) is 11.7 Å². The Morgan fingerprint density at radius 2 is 2.00 bits per heavy atom. The summed E-state index contributed by atoms with van der Waals surface area (Å²) in [6.07, 6.45) is 7.93. The van der Waals surface area contributed by atoms with E-state index in [9.17, 15) is 9.18 Å². The van der Waals surface area contributed by atoms with Crippen molar-refractivity contribution in [1.29, 1.82) is 0 Å². The fraction of sp³-hybridized carbons (Fsp3) is 0.350. The Labute approximate surface area is 178 Å². The van der Waals surface area contributed by atoms with Gasteiger partial charge in [-0.1, -0.05) is 18.5 Å². The molecule has 2 unspecified atom stereocenters. The Morgan fingerprint density at radius 1 is 1.27 bits per heavy atom. The highest BCUT2D eigenvalue weighted by atomic mass is 35.5. The van der Waals surface area contributed by atoms with Gasteiger partial charge in [0.05, 0.1) is 47.1 Å². The smallest absolute Gasteiger partial charge is 0.256 e. The molecule has 0 saturated carbocycles. The topological polar surface area (TPSA) is 88.8 Å². The van der Waals surface area contributed by atoms with E-state index in [1.165, 1.54) is 47.8 Å². The molecule has 3 aromatic rings. The standard InChI is InChI=1S/C20H21ClFN7O/c1-13-3-2-8-28(18(13)12-25-20-23-10-14(21)11-24-20)19(30)16-9-15(22)4-5-17(16)29-26-6-7-27-29/h4-7,9-11,13,18H,2-3,8,12H2,1H3,(H,23,24,25). The van der Waals surface area contributed by atoms with Gasteiger partial charge >= 0.3 is 0 Å². The molecule has 2 aromatic heterocycles. The Balaban J connectivity index is 1.60. The van der Waals surface area contributed by atoms with Crippen molar-refractivity contribution in [3.05, 3.63) is 59.4 Å². The van der Waals surface area contributed by atoms with Crippen LogP contribution in [0.15, 0.2) is 43.0 Å². The molecule has 0 spiro atoms. The molecule has 156 valence electrons. The zero-order valence-corrected chi connectivity index (χ0v) is 17.1. The molecule has 0 radical (unpaired) electrons. The monoisotopic (exact) mass is 429 g/mol. The van der Waals surface area contributed by atoms with E-state index in [1.54, 1.807) is 4.90 Å². The largest absolute Gasteiger partial charge is 0.352 e. The number of likely N-dealkylation sites (tertiary alicyclic amines) is 1. The van der Waals surface area contributed by atoms with Crippen molar-refractivity contribution < 1.29 is 9.18 Å². The molecule has 30 heavy (non-hydrogen) atoms. The normalized spacial score (nSPS) is 19.0. The molecule has 1 aliphatic rings. The molecule has 1 aromatic carbocycles. The van der Waals surface area contributed by atoms with E-state index in [2.05, 4.69) is 32.4 Å². The van der Waals surface area contributed by atoms with Crippen molar-refractivity contribution >= 4 is 23.5 Å². The van der Waals surface area contributed by atoms with Crippen LogP contribution in [0.2, 0.25) is 5.02 Å². The van der Waals surface area contributed by atoms with Gasteiger partial charge in [0, 0.05) is 13.1 Å². The second-order valence-corrected chi connectivity index (χ2v) is 7.71. The van der Waals surface area contributed by atoms with Crippen LogP contribution in [0.5, 0.6) is 0 Å². The first-order valence-electron chi connectivity index (χ1n) is 9.71. The Kier molecular flexibility index (Phi) is 5.89.